The lowest BCUT2D eigenvalue weighted by atomic mass is 10.1. The predicted octanol–water partition coefficient (Wildman–Crippen LogP) is 3.98. The molecule has 0 radical (unpaired) electrons. The van der Waals surface area contributed by atoms with Gasteiger partial charge in [-0.15, -0.1) is 0 Å². The number of morpholine rings is 1. The van der Waals surface area contributed by atoms with Gasteiger partial charge in [-0.05, 0) is 31.5 Å². The van der Waals surface area contributed by atoms with Crippen LogP contribution >= 0.6 is 23.2 Å². The molecule has 1 aliphatic rings. The molecule has 1 unspecified atom stereocenters. The van der Waals surface area contributed by atoms with E-state index in [4.69, 9.17) is 27.9 Å². The van der Waals surface area contributed by atoms with Crippen molar-refractivity contribution in [2.45, 2.75) is 20.0 Å². The number of hydrogen-bond donors (Lipinski definition) is 0. The van der Waals surface area contributed by atoms with Gasteiger partial charge in [-0.25, -0.2) is 4.98 Å². The Morgan fingerprint density at radius 1 is 1.23 bits per heavy atom. The van der Waals surface area contributed by atoms with Crippen LogP contribution in [0.5, 0.6) is 0 Å². The van der Waals surface area contributed by atoms with Crippen LogP contribution in [0.1, 0.15) is 23.1 Å². The van der Waals surface area contributed by atoms with Crippen molar-refractivity contribution in [3.63, 3.8) is 0 Å². The molecule has 1 atom stereocenters. The molecular formula is C16H17Cl2N3O. The number of aryl methyl sites for hydroxylation is 2. The summed E-state index contributed by atoms with van der Waals surface area (Å²) in [5.41, 5.74) is 2.87. The van der Waals surface area contributed by atoms with Gasteiger partial charge < -0.3 is 9.64 Å². The molecule has 0 saturated carbocycles. The zero-order valence-corrected chi connectivity index (χ0v) is 14.0. The third-order valence-electron chi connectivity index (χ3n) is 3.73. The number of aromatic nitrogens is 2. The quantitative estimate of drug-likeness (QED) is 0.830. The van der Waals surface area contributed by atoms with E-state index in [-0.39, 0.29) is 6.10 Å². The van der Waals surface area contributed by atoms with Gasteiger partial charge in [-0.2, -0.15) is 0 Å². The number of anilines is 1. The predicted molar refractivity (Wildman–Crippen MR) is 88.9 cm³/mol. The van der Waals surface area contributed by atoms with Gasteiger partial charge in [0.1, 0.15) is 6.10 Å². The minimum atomic E-state index is -0.0507. The minimum Gasteiger partial charge on any atom is -0.370 e. The molecule has 0 N–H and O–H groups in total. The first-order chi connectivity index (χ1) is 10.5. The van der Waals surface area contributed by atoms with Crippen molar-refractivity contribution in [1.82, 2.24) is 9.97 Å². The van der Waals surface area contributed by atoms with Crippen LogP contribution in [0.15, 0.2) is 24.4 Å². The Kier molecular flexibility index (Phi) is 4.52. The molecule has 1 fully saturated rings. The van der Waals surface area contributed by atoms with Crippen molar-refractivity contribution in [2.75, 3.05) is 24.6 Å². The van der Waals surface area contributed by atoms with Crippen molar-refractivity contribution in [3.8, 4) is 0 Å². The lowest BCUT2D eigenvalue weighted by Gasteiger charge is -2.34. The third-order valence-corrected chi connectivity index (χ3v) is 4.47. The Labute approximate surface area is 140 Å². The largest absolute Gasteiger partial charge is 0.370 e. The second-order valence-electron chi connectivity index (χ2n) is 5.40. The number of hydrogen-bond acceptors (Lipinski definition) is 4. The zero-order valence-electron chi connectivity index (χ0n) is 12.5. The molecule has 1 saturated heterocycles. The van der Waals surface area contributed by atoms with E-state index in [2.05, 4.69) is 14.9 Å². The van der Waals surface area contributed by atoms with E-state index in [1.54, 1.807) is 12.3 Å². The molecule has 22 heavy (non-hydrogen) atoms. The summed E-state index contributed by atoms with van der Waals surface area (Å²) in [4.78, 5) is 11.2. The van der Waals surface area contributed by atoms with Crippen molar-refractivity contribution in [1.29, 1.82) is 0 Å². The molecule has 2 heterocycles. The number of ether oxygens (including phenoxy) is 1. The fourth-order valence-corrected chi connectivity index (χ4v) is 2.89. The lowest BCUT2D eigenvalue weighted by molar-refractivity contribution is 0.0394. The number of benzene rings is 1. The van der Waals surface area contributed by atoms with Crippen molar-refractivity contribution < 1.29 is 4.74 Å². The van der Waals surface area contributed by atoms with Crippen LogP contribution in [0.4, 0.5) is 5.82 Å². The van der Waals surface area contributed by atoms with Crippen LogP contribution in [-0.2, 0) is 4.74 Å². The van der Waals surface area contributed by atoms with E-state index < -0.39 is 0 Å². The van der Waals surface area contributed by atoms with E-state index in [9.17, 15) is 0 Å². The molecule has 0 spiro atoms. The normalized spacial score (nSPS) is 18.5. The van der Waals surface area contributed by atoms with Crippen molar-refractivity contribution >= 4 is 29.0 Å². The van der Waals surface area contributed by atoms with Crippen LogP contribution < -0.4 is 4.90 Å². The van der Waals surface area contributed by atoms with Gasteiger partial charge in [0, 0.05) is 19.3 Å². The van der Waals surface area contributed by atoms with Gasteiger partial charge >= 0.3 is 0 Å². The fraction of sp³-hybridized carbons (Fsp3) is 0.375. The van der Waals surface area contributed by atoms with E-state index in [0.29, 0.717) is 16.7 Å². The maximum atomic E-state index is 6.11. The van der Waals surface area contributed by atoms with Gasteiger partial charge in [0.2, 0.25) is 0 Å². The Morgan fingerprint density at radius 2 is 2.05 bits per heavy atom. The molecule has 2 aromatic rings. The summed E-state index contributed by atoms with van der Waals surface area (Å²) < 4.78 is 5.89. The summed E-state index contributed by atoms with van der Waals surface area (Å²) >= 11 is 12.1. The molecule has 1 aromatic carbocycles. The molecular weight excluding hydrogens is 321 g/mol. The first kappa shape index (κ1) is 15.5. The summed E-state index contributed by atoms with van der Waals surface area (Å²) in [5.74, 6) is 0.924. The van der Waals surface area contributed by atoms with E-state index in [1.807, 2.05) is 26.0 Å². The molecule has 0 aliphatic carbocycles. The van der Waals surface area contributed by atoms with E-state index in [1.165, 1.54) is 0 Å². The van der Waals surface area contributed by atoms with Crippen LogP contribution in [-0.4, -0.2) is 29.7 Å². The molecule has 0 bridgehead atoms. The fourth-order valence-electron chi connectivity index (χ4n) is 2.58. The van der Waals surface area contributed by atoms with Gasteiger partial charge in [0.25, 0.3) is 0 Å². The third kappa shape index (κ3) is 3.19. The first-order valence-corrected chi connectivity index (χ1v) is 7.92. The maximum Gasteiger partial charge on any atom is 0.150 e. The Morgan fingerprint density at radius 3 is 2.82 bits per heavy atom. The number of nitrogens with zero attached hydrogens (tertiary/aromatic N) is 3. The van der Waals surface area contributed by atoms with Crippen LogP contribution in [0.25, 0.3) is 0 Å². The molecule has 4 nitrogen and oxygen atoms in total. The number of halogens is 2. The Hall–Kier alpha value is -1.36. The van der Waals surface area contributed by atoms with Gasteiger partial charge in [-0.1, -0.05) is 29.3 Å². The van der Waals surface area contributed by atoms with Crippen LogP contribution in [0, 0.1) is 13.8 Å². The van der Waals surface area contributed by atoms with Crippen molar-refractivity contribution in [2.24, 2.45) is 0 Å². The second-order valence-corrected chi connectivity index (χ2v) is 6.21. The standard InChI is InChI=1S/C16H17Cl2N3O/c1-10-8-19-11(2)16(20-10)21-5-6-22-15(9-21)12-3-4-13(17)14(18)7-12/h3-4,7-8,15H,5-6,9H2,1-2H3. The van der Waals surface area contributed by atoms with E-state index >= 15 is 0 Å². The van der Waals surface area contributed by atoms with E-state index in [0.717, 1.165) is 35.9 Å². The zero-order chi connectivity index (χ0) is 15.7. The summed E-state index contributed by atoms with van der Waals surface area (Å²) in [5, 5.41) is 1.10. The summed E-state index contributed by atoms with van der Waals surface area (Å²) in [6, 6.07) is 5.63. The molecule has 0 amide bonds. The minimum absolute atomic E-state index is 0.0507. The van der Waals surface area contributed by atoms with Crippen molar-refractivity contribution in [3.05, 3.63) is 51.4 Å². The van der Waals surface area contributed by atoms with Crippen LogP contribution in [0.3, 0.4) is 0 Å². The molecule has 3 rings (SSSR count). The smallest absolute Gasteiger partial charge is 0.150 e. The highest BCUT2D eigenvalue weighted by atomic mass is 35.5. The second kappa shape index (κ2) is 6.41. The molecule has 6 heteroatoms. The number of rotatable bonds is 2. The average molecular weight is 338 g/mol. The highest BCUT2D eigenvalue weighted by Gasteiger charge is 2.24. The molecule has 116 valence electrons. The monoisotopic (exact) mass is 337 g/mol. The molecule has 1 aromatic heterocycles. The highest BCUT2D eigenvalue weighted by Crippen LogP contribution is 2.30. The summed E-state index contributed by atoms with van der Waals surface area (Å²) in [7, 11) is 0. The summed E-state index contributed by atoms with van der Waals surface area (Å²) in [6.07, 6.45) is 1.74. The maximum absolute atomic E-state index is 6.11. The van der Waals surface area contributed by atoms with Gasteiger partial charge in [-0.3, -0.25) is 4.98 Å². The topological polar surface area (TPSA) is 38.2 Å². The SMILES string of the molecule is Cc1cnc(C)c(N2CCOC(c3ccc(Cl)c(Cl)c3)C2)n1. The molecule has 1 aliphatic heterocycles. The van der Waals surface area contributed by atoms with Gasteiger partial charge in [0.15, 0.2) is 5.82 Å². The highest BCUT2D eigenvalue weighted by molar-refractivity contribution is 6.42. The Bertz CT molecular complexity index is 693. The lowest BCUT2D eigenvalue weighted by Crippen LogP contribution is -2.39. The first-order valence-electron chi connectivity index (χ1n) is 7.16. The van der Waals surface area contributed by atoms with Crippen LogP contribution in [0.2, 0.25) is 10.0 Å². The Balaban J connectivity index is 1.84. The summed E-state index contributed by atoms with van der Waals surface area (Å²) in [6.45, 7) is 6.09. The van der Waals surface area contributed by atoms with Gasteiger partial charge in [0.05, 0.1) is 28.0 Å². The average Bonchev–Trinajstić information content (AvgIpc) is 2.52.